The van der Waals surface area contributed by atoms with E-state index in [0.717, 1.165) is 43.6 Å². The SMILES string of the molecule is C.CCC(CC)CC(C)N=C1NC(=O)C(C2CCOCC2)S1. The van der Waals surface area contributed by atoms with Crippen molar-refractivity contribution in [2.45, 2.75) is 71.6 Å². The minimum Gasteiger partial charge on any atom is -0.381 e. The van der Waals surface area contributed by atoms with Crippen LogP contribution in [0.15, 0.2) is 4.99 Å². The standard InChI is InChI=1S/C16H28N2O2S.CH4/c1-4-12(5-2)10-11(3)17-16-18-15(19)14(21-16)13-6-8-20-9-7-13;/h11-14H,4-10H2,1-3H3,(H,17,18,19);1H4. The number of thioether (sulfide) groups is 1. The van der Waals surface area contributed by atoms with Crippen LogP contribution in [0.25, 0.3) is 0 Å². The average Bonchev–Trinajstić information content (AvgIpc) is 2.86. The molecule has 1 N–H and O–H groups in total. The largest absolute Gasteiger partial charge is 0.381 e. The van der Waals surface area contributed by atoms with Crippen LogP contribution in [0.3, 0.4) is 0 Å². The van der Waals surface area contributed by atoms with Crippen LogP contribution in [0.2, 0.25) is 0 Å². The fraction of sp³-hybridized carbons (Fsp3) is 0.882. The first kappa shape index (κ1) is 19.5. The third kappa shape index (κ3) is 5.27. The maximum Gasteiger partial charge on any atom is 0.239 e. The summed E-state index contributed by atoms with van der Waals surface area (Å²) in [6, 6.07) is 0.283. The van der Waals surface area contributed by atoms with Crippen LogP contribution in [0.1, 0.15) is 60.3 Å². The van der Waals surface area contributed by atoms with E-state index in [9.17, 15) is 4.79 Å². The molecule has 2 fully saturated rings. The van der Waals surface area contributed by atoms with Gasteiger partial charge in [0.15, 0.2) is 5.17 Å². The maximum absolute atomic E-state index is 12.1. The lowest BCUT2D eigenvalue weighted by Gasteiger charge is -2.24. The zero-order valence-electron chi connectivity index (χ0n) is 13.4. The second-order valence-electron chi connectivity index (χ2n) is 6.18. The number of nitrogens with one attached hydrogen (secondary N) is 1. The molecule has 2 aliphatic heterocycles. The average molecular weight is 329 g/mol. The lowest BCUT2D eigenvalue weighted by atomic mass is 9.96. The predicted molar refractivity (Wildman–Crippen MR) is 95.4 cm³/mol. The highest BCUT2D eigenvalue weighted by molar-refractivity contribution is 8.15. The molecule has 0 aromatic rings. The molecule has 5 heteroatoms. The van der Waals surface area contributed by atoms with E-state index in [1.807, 2.05) is 0 Å². The highest BCUT2D eigenvalue weighted by atomic mass is 32.2. The van der Waals surface area contributed by atoms with E-state index in [1.54, 1.807) is 11.8 Å². The Balaban J connectivity index is 0.00000242. The molecule has 0 radical (unpaired) electrons. The Kier molecular flexibility index (Phi) is 8.47. The van der Waals surface area contributed by atoms with Crippen LogP contribution >= 0.6 is 11.8 Å². The summed E-state index contributed by atoms with van der Waals surface area (Å²) in [7, 11) is 0. The Morgan fingerprint density at radius 2 is 1.95 bits per heavy atom. The van der Waals surface area contributed by atoms with Crippen LogP contribution in [-0.2, 0) is 9.53 Å². The molecule has 128 valence electrons. The first-order valence-electron chi connectivity index (χ1n) is 8.27. The highest BCUT2D eigenvalue weighted by Gasteiger charge is 2.37. The van der Waals surface area contributed by atoms with Crippen LogP contribution in [0.4, 0.5) is 0 Å². The number of nitrogens with zero attached hydrogens (tertiary/aromatic N) is 1. The third-order valence-corrected chi connectivity index (χ3v) is 5.87. The van der Waals surface area contributed by atoms with Crippen molar-refractivity contribution in [1.29, 1.82) is 0 Å². The fourth-order valence-electron chi connectivity index (χ4n) is 3.13. The van der Waals surface area contributed by atoms with Gasteiger partial charge in [0.05, 0.1) is 11.3 Å². The van der Waals surface area contributed by atoms with E-state index in [1.165, 1.54) is 12.8 Å². The first-order valence-corrected chi connectivity index (χ1v) is 9.15. The summed E-state index contributed by atoms with van der Waals surface area (Å²) in [6.07, 6.45) is 5.49. The Labute approximate surface area is 139 Å². The van der Waals surface area contributed by atoms with Crippen molar-refractivity contribution in [3.8, 4) is 0 Å². The van der Waals surface area contributed by atoms with Gasteiger partial charge in [-0.05, 0) is 38.0 Å². The minimum absolute atomic E-state index is 0. The quantitative estimate of drug-likeness (QED) is 0.805. The smallest absolute Gasteiger partial charge is 0.239 e. The Bertz CT molecular complexity index is 377. The van der Waals surface area contributed by atoms with Gasteiger partial charge in [-0.3, -0.25) is 9.79 Å². The van der Waals surface area contributed by atoms with Crippen LogP contribution < -0.4 is 5.32 Å². The van der Waals surface area contributed by atoms with Gasteiger partial charge in [-0.15, -0.1) is 0 Å². The number of carbonyl (C=O) groups is 1. The van der Waals surface area contributed by atoms with Gasteiger partial charge >= 0.3 is 0 Å². The van der Waals surface area contributed by atoms with Crippen molar-refractivity contribution in [1.82, 2.24) is 5.32 Å². The first-order chi connectivity index (χ1) is 10.1. The number of amides is 1. The zero-order valence-corrected chi connectivity index (χ0v) is 14.2. The van der Waals surface area contributed by atoms with E-state index >= 15 is 0 Å². The summed E-state index contributed by atoms with van der Waals surface area (Å²) in [5.41, 5.74) is 0. The molecule has 2 saturated heterocycles. The second kappa shape index (κ2) is 9.56. The summed E-state index contributed by atoms with van der Waals surface area (Å²) >= 11 is 1.63. The van der Waals surface area contributed by atoms with E-state index < -0.39 is 0 Å². The monoisotopic (exact) mass is 328 g/mol. The predicted octanol–water partition coefficient (Wildman–Crippen LogP) is 3.85. The van der Waals surface area contributed by atoms with Gasteiger partial charge in [0.2, 0.25) is 5.91 Å². The van der Waals surface area contributed by atoms with Gasteiger partial charge in [0.25, 0.3) is 0 Å². The van der Waals surface area contributed by atoms with E-state index in [2.05, 4.69) is 26.1 Å². The van der Waals surface area contributed by atoms with Crippen molar-refractivity contribution < 1.29 is 9.53 Å². The number of hydrogen-bond donors (Lipinski definition) is 1. The molecule has 2 unspecified atom stereocenters. The minimum atomic E-state index is 0. The Morgan fingerprint density at radius 1 is 1.32 bits per heavy atom. The molecule has 0 bridgehead atoms. The maximum atomic E-state index is 12.1. The second-order valence-corrected chi connectivity index (χ2v) is 7.31. The highest BCUT2D eigenvalue weighted by Crippen LogP contribution is 2.32. The van der Waals surface area contributed by atoms with Crippen molar-refractivity contribution >= 4 is 22.8 Å². The van der Waals surface area contributed by atoms with Crippen molar-refractivity contribution in [3.63, 3.8) is 0 Å². The summed E-state index contributed by atoms with van der Waals surface area (Å²) in [5.74, 6) is 1.31. The number of aliphatic imine (C=N–C) groups is 1. The molecule has 0 spiro atoms. The molecule has 2 rings (SSSR count). The summed E-state index contributed by atoms with van der Waals surface area (Å²) in [6.45, 7) is 8.20. The van der Waals surface area contributed by atoms with Gasteiger partial charge in [-0.2, -0.15) is 0 Å². The number of amidine groups is 1. The molecule has 0 aliphatic carbocycles. The lowest BCUT2D eigenvalue weighted by Crippen LogP contribution is -2.33. The normalized spacial score (nSPS) is 26.1. The van der Waals surface area contributed by atoms with E-state index in [-0.39, 0.29) is 24.6 Å². The van der Waals surface area contributed by atoms with Gasteiger partial charge < -0.3 is 10.1 Å². The molecule has 2 heterocycles. The number of ether oxygens (including phenoxy) is 1. The van der Waals surface area contributed by atoms with Gasteiger partial charge in [-0.25, -0.2) is 0 Å². The Morgan fingerprint density at radius 3 is 2.55 bits per heavy atom. The molecule has 2 aliphatic rings. The van der Waals surface area contributed by atoms with Crippen molar-refractivity contribution in [3.05, 3.63) is 0 Å². The summed E-state index contributed by atoms with van der Waals surface area (Å²) in [5, 5.41) is 3.84. The van der Waals surface area contributed by atoms with Crippen LogP contribution in [0, 0.1) is 11.8 Å². The summed E-state index contributed by atoms with van der Waals surface area (Å²) < 4.78 is 5.38. The Hall–Kier alpha value is -0.550. The molecule has 2 atom stereocenters. The molecular weight excluding hydrogens is 296 g/mol. The molecular formula is C17H32N2O2S. The molecule has 0 aromatic heterocycles. The van der Waals surface area contributed by atoms with Crippen LogP contribution in [-0.4, -0.2) is 35.6 Å². The van der Waals surface area contributed by atoms with E-state index in [4.69, 9.17) is 9.73 Å². The third-order valence-electron chi connectivity index (χ3n) is 4.59. The van der Waals surface area contributed by atoms with Gasteiger partial charge in [0, 0.05) is 13.2 Å². The number of rotatable bonds is 6. The molecule has 0 saturated carbocycles. The zero-order chi connectivity index (χ0) is 15.2. The van der Waals surface area contributed by atoms with Crippen LogP contribution in [0.5, 0.6) is 0 Å². The molecule has 4 nitrogen and oxygen atoms in total. The van der Waals surface area contributed by atoms with Crippen molar-refractivity contribution in [2.75, 3.05) is 13.2 Å². The van der Waals surface area contributed by atoms with E-state index in [0.29, 0.717) is 5.92 Å². The molecule has 0 aromatic carbocycles. The number of carbonyl (C=O) groups excluding carboxylic acids is 1. The summed E-state index contributed by atoms with van der Waals surface area (Å²) in [4.78, 5) is 16.9. The fourth-order valence-corrected chi connectivity index (χ4v) is 4.40. The topological polar surface area (TPSA) is 50.7 Å². The van der Waals surface area contributed by atoms with Gasteiger partial charge in [-0.1, -0.05) is 45.9 Å². The molecule has 1 amide bonds. The number of hydrogen-bond acceptors (Lipinski definition) is 4. The lowest BCUT2D eigenvalue weighted by molar-refractivity contribution is -0.120. The molecule has 22 heavy (non-hydrogen) atoms. The van der Waals surface area contributed by atoms with Crippen molar-refractivity contribution in [2.24, 2.45) is 16.8 Å². The van der Waals surface area contributed by atoms with Gasteiger partial charge in [0.1, 0.15) is 0 Å².